The summed E-state index contributed by atoms with van der Waals surface area (Å²) in [5, 5.41) is 0. The highest BCUT2D eigenvalue weighted by Gasteiger charge is 2.57. The van der Waals surface area contributed by atoms with E-state index in [1.165, 1.54) is 37.5 Å². The van der Waals surface area contributed by atoms with Crippen molar-refractivity contribution in [2.45, 2.75) is 58.8 Å². The van der Waals surface area contributed by atoms with E-state index in [2.05, 4.69) is 13.8 Å². The van der Waals surface area contributed by atoms with Crippen molar-refractivity contribution in [2.24, 2.45) is 35.5 Å². The summed E-state index contributed by atoms with van der Waals surface area (Å²) in [4.78, 5) is 0. The highest BCUT2D eigenvalue weighted by Crippen LogP contribution is 2.64. The highest BCUT2D eigenvalue weighted by atomic mass is 14.6. The van der Waals surface area contributed by atoms with Gasteiger partial charge in [0.1, 0.15) is 0 Å². The van der Waals surface area contributed by atoms with E-state index >= 15 is 0 Å². The Balaban J connectivity index is 1.76. The molecule has 3 saturated carbocycles. The topological polar surface area (TPSA) is 0 Å². The smallest absolute Gasteiger partial charge is 0.0349 e. The summed E-state index contributed by atoms with van der Waals surface area (Å²) in [7, 11) is 0. The first kappa shape index (κ1) is 10.2. The molecule has 3 fully saturated rings. The Morgan fingerprint density at radius 1 is 0.867 bits per heavy atom. The van der Waals surface area contributed by atoms with Gasteiger partial charge >= 0.3 is 0 Å². The van der Waals surface area contributed by atoms with Gasteiger partial charge in [0.05, 0.1) is 0 Å². The van der Waals surface area contributed by atoms with Crippen LogP contribution in [0.3, 0.4) is 0 Å². The van der Waals surface area contributed by atoms with E-state index < -0.39 is 0 Å². The fourth-order valence-corrected chi connectivity index (χ4v) is 4.87. The fourth-order valence-electron chi connectivity index (χ4n) is 4.87. The SMILES string of the molecule is CCC1CCCCC2C(C)C(C1)C1CC21. The molecule has 86 valence electrons. The normalized spacial score (nSPS) is 54.0. The first-order valence-corrected chi connectivity index (χ1v) is 7.31. The lowest BCUT2D eigenvalue weighted by atomic mass is 9.79. The van der Waals surface area contributed by atoms with Crippen LogP contribution in [0.2, 0.25) is 0 Å². The van der Waals surface area contributed by atoms with Gasteiger partial charge in [0.15, 0.2) is 0 Å². The summed E-state index contributed by atoms with van der Waals surface area (Å²) >= 11 is 0. The molecule has 0 aromatic heterocycles. The van der Waals surface area contributed by atoms with E-state index in [9.17, 15) is 0 Å². The van der Waals surface area contributed by atoms with Crippen molar-refractivity contribution in [1.29, 1.82) is 0 Å². The number of hydrogen-bond donors (Lipinski definition) is 0. The van der Waals surface area contributed by atoms with Crippen molar-refractivity contribution in [3.63, 3.8) is 0 Å². The van der Waals surface area contributed by atoms with Crippen molar-refractivity contribution in [3.8, 4) is 0 Å². The molecule has 6 atom stereocenters. The van der Waals surface area contributed by atoms with Crippen LogP contribution in [-0.4, -0.2) is 0 Å². The molecule has 0 aromatic carbocycles. The minimum absolute atomic E-state index is 1.07. The number of rotatable bonds is 1. The molecule has 0 nitrogen and oxygen atoms in total. The molecule has 2 bridgehead atoms. The predicted molar refractivity (Wildman–Crippen MR) is 64.6 cm³/mol. The Bertz CT molecular complexity index is 232. The van der Waals surface area contributed by atoms with Gasteiger partial charge in [-0.05, 0) is 54.8 Å². The van der Waals surface area contributed by atoms with Gasteiger partial charge in [0.25, 0.3) is 0 Å². The largest absolute Gasteiger partial charge is 0.0651 e. The molecular weight excluding hydrogens is 180 g/mol. The Kier molecular flexibility index (Phi) is 2.57. The van der Waals surface area contributed by atoms with Crippen LogP contribution in [0.5, 0.6) is 0 Å². The zero-order valence-electron chi connectivity index (χ0n) is 10.4. The third-order valence-corrected chi connectivity index (χ3v) is 5.92. The molecule has 0 spiro atoms. The van der Waals surface area contributed by atoms with Crippen molar-refractivity contribution in [2.75, 3.05) is 0 Å². The molecule has 0 heteroatoms. The molecule has 6 unspecified atom stereocenters. The molecule has 15 heavy (non-hydrogen) atoms. The number of fused-ring (bicyclic) bond motifs is 5. The predicted octanol–water partition coefficient (Wildman–Crippen LogP) is 4.49. The second-order valence-electron chi connectivity index (χ2n) is 6.54. The Morgan fingerprint density at radius 3 is 2.40 bits per heavy atom. The quantitative estimate of drug-likeness (QED) is 0.593. The Labute approximate surface area is 94.8 Å². The standard InChI is InChI=1S/C15H26/c1-3-11-6-4-5-7-12-10(2)13(8-11)15-9-14(12)15/h10-15H,3-9H2,1-2H3. The third-order valence-electron chi connectivity index (χ3n) is 5.92. The minimum Gasteiger partial charge on any atom is -0.0651 e. The lowest BCUT2D eigenvalue weighted by Gasteiger charge is -2.26. The van der Waals surface area contributed by atoms with Crippen LogP contribution >= 0.6 is 0 Å². The van der Waals surface area contributed by atoms with Crippen LogP contribution in [0.25, 0.3) is 0 Å². The van der Waals surface area contributed by atoms with E-state index in [0.29, 0.717) is 0 Å². The van der Waals surface area contributed by atoms with Crippen LogP contribution in [0.15, 0.2) is 0 Å². The van der Waals surface area contributed by atoms with Gasteiger partial charge in [0.2, 0.25) is 0 Å². The van der Waals surface area contributed by atoms with E-state index in [0.717, 1.165) is 23.7 Å². The summed E-state index contributed by atoms with van der Waals surface area (Å²) in [5.41, 5.74) is 0. The van der Waals surface area contributed by atoms with Gasteiger partial charge in [-0.15, -0.1) is 0 Å². The molecule has 3 aliphatic carbocycles. The molecule has 3 aliphatic rings. The Hall–Kier alpha value is 0. The van der Waals surface area contributed by atoms with E-state index in [-0.39, 0.29) is 0 Å². The van der Waals surface area contributed by atoms with Crippen molar-refractivity contribution >= 4 is 0 Å². The van der Waals surface area contributed by atoms with Crippen molar-refractivity contribution in [1.82, 2.24) is 0 Å². The molecule has 0 N–H and O–H groups in total. The zero-order chi connectivity index (χ0) is 10.4. The lowest BCUT2D eigenvalue weighted by molar-refractivity contribution is 0.236. The molecule has 0 aliphatic heterocycles. The summed E-state index contributed by atoms with van der Waals surface area (Å²) in [6, 6.07) is 0. The van der Waals surface area contributed by atoms with Gasteiger partial charge in [0, 0.05) is 0 Å². The highest BCUT2D eigenvalue weighted by molar-refractivity contribution is 5.06. The summed E-state index contributed by atoms with van der Waals surface area (Å²) in [5.74, 6) is 6.76. The molecular formula is C15H26. The molecule has 0 heterocycles. The first-order valence-electron chi connectivity index (χ1n) is 7.31. The van der Waals surface area contributed by atoms with Gasteiger partial charge in [-0.3, -0.25) is 0 Å². The zero-order valence-corrected chi connectivity index (χ0v) is 10.4. The summed E-state index contributed by atoms with van der Waals surface area (Å²) < 4.78 is 0. The second kappa shape index (κ2) is 3.79. The summed E-state index contributed by atoms with van der Waals surface area (Å²) in [6.45, 7) is 4.98. The molecule has 0 aromatic rings. The van der Waals surface area contributed by atoms with E-state index in [1.807, 2.05) is 0 Å². The van der Waals surface area contributed by atoms with Crippen LogP contribution < -0.4 is 0 Å². The average molecular weight is 206 g/mol. The number of hydrogen-bond acceptors (Lipinski definition) is 0. The van der Waals surface area contributed by atoms with Crippen LogP contribution in [0.4, 0.5) is 0 Å². The van der Waals surface area contributed by atoms with Gasteiger partial charge < -0.3 is 0 Å². The van der Waals surface area contributed by atoms with Gasteiger partial charge in [-0.1, -0.05) is 39.5 Å². The lowest BCUT2D eigenvalue weighted by Crippen LogP contribution is -2.18. The maximum absolute atomic E-state index is 2.57. The third kappa shape index (κ3) is 1.65. The van der Waals surface area contributed by atoms with Crippen LogP contribution in [0, 0.1) is 35.5 Å². The molecule has 0 saturated heterocycles. The molecule has 0 amide bonds. The molecule has 3 rings (SSSR count). The molecule has 0 radical (unpaired) electrons. The summed E-state index contributed by atoms with van der Waals surface area (Å²) in [6.07, 6.45) is 10.8. The van der Waals surface area contributed by atoms with E-state index in [1.54, 1.807) is 19.3 Å². The van der Waals surface area contributed by atoms with Crippen LogP contribution in [0.1, 0.15) is 58.8 Å². The van der Waals surface area contributed by atoms with E-state index in [4.69, 9.17) is 0 Å². The van der Waals surface area contributed by atoms with Crippen LogP contribution in [-0.2, 0) is 0 Å². The maximum atomic E-state index is 2.57. The first-order chi connectivity index (χ1) is 7.31. The average Bonchev–Trinajstić information content (AvgIpc) is 2.97. The second-order valence-corrected chi connectivity index (χ2v) is 6.54. The van der Waals surface area contributed by atoms with Crippen molar-refractivity contribution < 1.29 is 0 Å². The van der Waals surface area contributed by atoms with Gasteiger partial charge in [-0.25, -0.2) is 0 Å². The minimum atomic E-state index is 1.07. The fraction of sp³-hybridized carbons (Fsp3) is 1.00. The Morgan fingerprint density at radius 2 is 1.60 bits per heavy atom. The maximum Gasteiger partial charge on any atom is -0.0349 e. The van der Waals surface area contributed by atoms with Crippen molar-refractivity contribution in [3.05, 3.63) is 0 Å². The monoisotopic (exact) mass is 206 g/mol. The van der Waals surface area contributed by atoms with Gasteiger partial charge in [-0.2, -0.15) is 0 Å².